The van der Waals surface area contributed by atoms with Crippen molar-refractivity contribution in [3.63, 3.8) is 0 Å². The molecule has 160 valence electrons. The molecule has 1 aliphatic carbocycles. The molecule has 0 heterocycles. The van der Waals surface area contributed by atoms with Gasteiger partial charge < -0.3 is 15.2 Å². The molecule has 3 aromatic rings. The molecule has 10 heteroatoms. The van der Waals surface area contributed by atoms with Crippen LogP contribution in [0.4, 0.5) is 17.1 Å². The summed E-state index contributed by atoms with van der Waals surface area (Å²) < 4.78 is 36.3. The Kier molecular flexibility index (Phi) is 7.01. The Balaban J connectivity index is 0.00000306. The summed E-state index contributed by atoms with van der Waals surface area (Å²) in [5.74, 6) is -2.10. The van der Waals surface area contributed by atoms with Crippen molar-refractivity contribution in [2.24, 2.45) is 0 Å². The smallest absolute Gasteiger partial charge is 0.744 e. The predicted octanol–water partition coefficient (Wildman–Crippen LogP) is 0.238. The first-order valence-electron chi connectivity index (χ1n) is 9.33. The molecule has 0 saturated heterocycles. The van der Waals surface area contributed by atoms with E-state index in [-0.39, 0.29) is 57.5 Å². The van der Waals surface area contributed by atoms with Crippen LogP contribution in [-0.2, 0) is 14.9 Å². The molecule has 4 rings (SSSR count). The van der Waals surface area contributed by atoms with Crippen LogP contribution in [0, 0.1) is 0 Å². The third-order valence-electron chi connectivity index (χ3n) is 4.92. The molecule has 0 bridgehead atoms. The molecule has 1 aliphatic rings. The number of carbonyl (C=O) groups excluding carboxylic acids is 3. The molecule has 2 N–H and O–H groups in total. The van der Waals surface area contributed by atoms with E-state index in [9.17, 15) is 27.4 Å². The molecule has 0 aromatic heterocycles. The molecule has 33 heavy (non-hydrogen) atoms. The van der Waals surface area contributed by atoms with E-state index in [0.717, 1.165) is 12.1 Å². The molecule has 0 atom stereocenters. The van der Waals surface area contributed by atoms with Crippen molar-refractivity contribution in [3.05, 3.63) is 95.6 Å². The summed E-state index contributed by atoms with van der Waals surface area (Å²) in [5, 5.41) is 5.14. The third-order valence-corrected chi connectivity index (χ3v) is 5.78. The average molecular weight is 470 g/mol. The van der Waals surface area contributed by atoms with Crippen LogP contribution >= 0.6 is 0 Å². The fourth-order valence-electron chi connectivity index (χ4n) is 3.54. The Morgan fingerprint density at radius 1 is 0.909 bits per heavy atom. The number of hydrogen-bond donors (Lipinski definition) is 2. The standard InChI is InChI=1S/C23H16N2O6S.Na/c1-2-18(26)25-21-17(32(29,30)31)12-16(24-13-8-4-3-5-9-13)19-20(21)23(28)15-11-7-6-10-14(15)22(19)27;/h2-12,24H,1H2,(H,25,26)(H,29,30,31);/q;+1/p-1. The molecule has 0 spiro atoms. The van der Waals surface area contributed by atoms with Gasteiger partial charge in [-0.25, -0.2) is 8.42 Å². The van der Waals surface area contributed by atoms with Crippen LogP contribution in [0.2, 0.25) is 0 Å². The van der Waals surface area contributed by atoms with Gasteiger partial charge >= 0.3 is 29.6 Å². The van der Waals surface area contributed by atoms with Crippen molar-refractivity contribution in [2.75, 3.05) is 10.6 Å². The van der Waals surface area contributed by atoms with E-state index in [2.05, 4.69) is 17.2 Å². The average Bonchev–Trinajstić information content (AvgIpc) is 2.77. The maximum atomic E-state index is 13.4. The Morgan fingerprint density at radius 3 is 2.00 bits per heavy atom. The van der Waals surface area contributed by atoms with E-state index in [1.807, 2.05) is 0 Å². The predicted molar refractivity (Wildman–Crippen MR) is 116 cm³/mol. The SMILES string of the molecule is C=CC(=O)Nc1c(S(=O)(=O)[O-])cc(Nc2ccccc2)c2c1C(=O)c1ccccc1C2=O.[Na+]. The molecule has 0 saturated carbocycles. The second kappa shape index (κ2) is 9.42. The normalized spacial score (nSPS) is 12.2. The van der Waals surface area contributed by atoms with Crippen LogP contribution in [-0.4, -0.2) is 30.4 Å². The van der Waals surface area contributed by atoms with Gasteiger partial charge in [0.15, 0.2) is 11.6 Å². The number of carbonyl (C=O) groups is 3. The first-order chi connectivity index (χ1) is 15.2. The Labute approximate surface area is 211 Å². The molecule has 0 aliphatic heterocycles. The Hall–Kier alpha value is -3.08. The third kappa shape index (κ3) is 4.54. The van der Waals surface area contributed by atoms with Gasteiger partial charge in [0.2, 0.25) is 5.91 Å². The van der Waals surface area contributed by atoms with Crippen molar-refractivity contribution >= 4 is 44.7 Å². The number of hydrogen-bond acceptors (Lipinski definition) is 7. The zero-order chi connectivity index (χ0) is 23.0. The minimum atomic E-state index is -5.16. The first kappa shape index (κ1) is 24.6. The van der Waals surface area contributed by atoms with Gasteiger partial charge in [-0.3, -0.25) is 14.4 Å². The summed E-state index contributed by atoms with van der Waals surface area (Å²) in [7, 11) is -5.16. The van der Waals surface area contributed by atoms with Crippen LogP contribution in [0.5, 0.6) is 0 Å². The largest absolute Gasteiger partial charge is 1.00 e. The summed E-state index contributed by atoms with van der Waals surface area (Å²) in [4.78, 5) is 37.9. The number of ketones is 2. The molecule has 8 nitrogen and oxygen atoms in total. The molecular weight excluding hydrogens is 455 g/mol. The number of nitrogens with one attached hydrogen (secondary N) is 2. The number of amides is 1. The zero-order valence-electron chi connectivity index (χ0n) is 17.4. The van der Waals surface area contributed by atoms with Gasteiger partial charge in [0, 0.05) is 16.8 Å². The number of anilines is 3. The summed E-state index contributed by atoms with van der Waals surface area (Å²) >= 11 is 0. The van der Waals surface area contributed by atoms with Gasteiger partial charge in [0.25, 0.3) is 0 Å². The van der Waals surface area contributed by atoms with E-state index >= 15 is 0 Å². The number of fused-ring (bicyclic) bond motifs is 2. The van der Waals surface area contributed by atoms with Gasteiger partial charge in [-0.15, -0.1) is 0 Å². The van der Waals surface area contributed by atoms with Crippen molar-refractivity contribution in [3.8, 4) is 0 Å². The van der Waals surface area contributed by atoms with E-state index < -0.39 is 38.2 Å². The van der Waals surface area contributed by atoms with Gasteiger partial charge in [-0.1, -0.05) is 49.0 Å². The maximum Gasteiger partial charge on any atom is 1.00 e. The number of rotatable bonds is 5. The summed E-state index contributed by atoms with van der Waals surface area (Å²) in [6.07, 6.45) is 0.854. The minimum Gasteiger partial charge on any atom is -0.744 e. The van der Waals surface area contributed by atoms with Crippen LogP contribution in [0.3, 0.4) is 0 Å². The van der Waals surface area contributed by atoms with Gasteiger partial charge in [-0.05, 0) is 24.3 Å². The number of para-hydroxylation sites is 1. The van der Waals surface area contributed by atoms with Crippen molar-refractivity contribution in [2.45, 2.75) is 4.90 Å². The fourth-order valence-corrected chi connectivity index (χ4v) is 4.21. The van der Waals surface area contributed by atoms with Gasteiger partial charge in [0.05, 0.1) is 27.4 Å². The molecule has 0 fully saturated rings. The second-order valence-electron chi connectivity index (χ2n) is 6.89. The monoisotopic (exact) mass is 470 g/mol. The Bertz CT molecular complexity index is 1420. The van der Waals surface area contributed by atoms with Crippen LogP contribution in [0.1, 0.15) is 31.8 Å². The van der Waals surface area contributed by atoms with Gasteiger partial charge in [0.1, 0.15) is 10.1 Å². The molecular formula is C23H15N2NaO6S. The summed E-state index contributed by atoms with van der Waals surface area (Å²) in [5.41, 5.74) is -0.476. The van der Waals surface area contributed by atoms with Crippen LogP contribution < -0.4 is 40.2 Å². The van der Waals surface area contributed by atoms with Crippen molar-refractivity contribution in [1.82, 2.24) is 0 Å². The summed E-state index contributed by atoms with van der Waals surface area (Å²) in [6, 6.07) is 15.5. The van der Waals surface area contributed by atoms with E-state index in [1.54, 1.807) is 42.5 Å². The van der Waals surface area contributed by atoms with E-state index in [1.165, 1.54) is 12.1 Å². The first-order valence-corrected chi connectivity index (χ1v) is 10.7. The van der Waals surface area contributed by atoms with Crippen LogP contribution in [0.25, 0.3) is 0 Å². The van der Waals surface area contributed by atoms with Crippen molar-refractivity contribution < 1.29 is 56.9 Å². The molecule has 1 amide bonds. The zero-order valence-corrected chi connectivity index (χ0v) is 20.2. The Morgan fingerprint density at radius 2 is 1.45 bits per heavy atom. The van der Waals surface area contributed by atoms with E-state index in [4.69, 9.17) is 0 Å². The van der Waals surface area contributed by atoms with E-state index in [0.29, 0.717) is 5.69 Å². The van der Waals surface area contributed by atoms with Gasteiger partial charge in [-0.2, -0.15) is 0 Å². The molecule has 3 aromatic carbocycles. The fraction of sp³-hybridized carbons (Fsp3) is 0. The van der Waals surface area contributed by atoms with Crippen molar-refractivity contribution in [1.29, 1.82) is 0 Å². The topological polar surface area (TPSA) is 132 Å². The molecule has 0 unspecified atom stereocenters. The molecule has 0 radical (unpaired) electrons. The summed E-state index contributed by atoms with van der Waals surface area (Å²) in [6.45, 7) is 3.30. The maximum absolute atomic E-state index is 13.4. The number of benzene rings is 3. The minimum absolute atomic E-state index is 0. The second-order valence-corrected chi connectivity index (χ2v) is 8.24. The van der Waals surface area contributed by atoms with Crippen LogP contribution in [0.15, 0.2) is 78.2 Å². The quantitative estimate of drug-likeness (QED) is 0.243.